The summed E-state index contributed by atoms with van der Waals surface area (Å²) in [4.78, 5) is 26.5. The Morgan fingerprint density at radius 1 is 0.833 bits per heavy atom. The molecule has 0 radical (unpaired) electrons. The Labute approximate surface area is 138 Å². The maximum Gasteiger partial charge on any atom is 0.197 e. The summed E-state index contributed by atoms with van der Waals surface area (Å²) in [5.74, 6) is -0.341. The first-order chi connectivity index (χ1) is 11.7. The number of carbonyl (C=O) groups is 2. The number of nitrogens with zero attached hydrogens (tertiary/aromatic N) is 1. The second-order valence-electron chi connectivity index (χ2n) is 6.20. The Morgan fingerprint density at radius 3 is 2.25 bits per heavy atom. The normalized spacial score (nSPS) is 17.3. The highest BCUT2D eigenvalue weighted by molar-refractivity contribution is 6.32. The molecule has 1 spiro atoms. The summed E-state index contributed by atoms with van der Waals surface area (Å²) < 4.78 is 1.96. The van der Waals surface area contributed by atoms with E-state index in [2.05, 4.69) is 5.32 Å². The first-order valence-electron chi connectivity index (χ1n) is 7.93. The lowest BCUT2D eigenvalue weighted by atomic mass is 9.89. The van der Waals surface area contributed by atoms with Crippen molar-refractivity contribution in [1.29, 1.82) is 0 Å². The zero-order valence-corrected chi connectivity index (χ0v) is 12.8. The van der Waals surface area contributed by atoms with Gasteiger partial charge in [-0.3, -0.25) is 14.9 Å². The number of aromatic nitrogens is 1. The standard InChI is InChI=1S/C20H14N2O2/c23-18-14-7-2-3-8-15(14)19(24)20(18)17-10-5-11-22(17)16-9-4-1-6-13(16)12-21-20/h1-11,21H,12H2. The highest BCUT2D eigenvalue weighted by atomic mass is 16.2. The van der Waals surface area contributed by atoms with Gasteiger partial charge < -0.3 is 4.57 Å². The molecule has 0 fully saturated rings. The van der Waals surface area contributed by atoms with Crippen LogP contribution in [0.25, 0.3) is 5.69 Å². The topological polar surface area (TPSA) is 51.1 Å². The van der Waals surface area contributed by atoms with Crippen molar-refractivity contribution in [3.63, 3.8) is 0 Å². The Kier molecular flexibility index (Phi) is 2.54. The van der Waals surface area contributed by atoms with E-state index in [9.17, 15) is 9.59 Å². The van der Waals surface area contributed by atoms with Gasteiger partial charge in [-0.25, -0.2) is 0 Å². The van der Waals surface area contributed by atoms with Gasteiger partial charge in [0.05, 0.1) is 5.69 Å². The van der Waals surface area contributed by atoms with Crippen molar-refractivity contribution in [2.75, 3.05) is 0 Å². The van der Waals surface area contributed by atoms with E-state index in [1.165, 1.54) is 0 Å². The van der Waals surface area contributed by atoms with Crippen molar-refractivity contribution >= 4 is 11.6 Å². The number of carbonyl (C=O) groups excluding carboxylic acids is 2. The highest BCUT2D eigenvalue weighted by Crippen LogP contribution is 2.40. The molecule has 0 atom stereocenters. The molecule has 2 aliphatic rings. The molecular formula is C20H14N2O2. The predicted molar refractivity (Wildman–Crippen MR) is 89.4 cm³/mol. The lowest BCUT2D eigenvalue weighted by molar-refractivity contribution is 0.0748. The minimum Gasteiger partial charge on any atom is -0.318 e. The van der Waals surface area contributed by atoms with Crippen LogP contribution in [0.5, 0.6) is 0 Å². The quantitative estimate of drug-likeness (QED) is 0.649. The van der Waals surface area contributed by atoms with Gasteiger partial charge in [-0.05, 0) is 23.8 Å². The van der Waals surface area contributed by atoms with Gasteiger partial charge in [-0.15, -0.1) is 0 Å². The van der Waals surface area contributed by atoms with Crippen molar-refractivity contribution in [2.24, 2.45) is 0 Å². The molecule has 1 aliphatic heterocycles. The van der Waals surface area contributed by atoms with Crippen LogP contribution in [0, 0.1) is 0 Å². The molecule has 4 nitrogen and oxygen atoms in total. The summed E-state index contributed by atoms with van der Waals surface area (Å²) in [6, 6.07) is 18.8. The summed E-state index contributed by atoms with van der Waals surface area (Å²) in [5, 5.41) is 3.28. The van der Waals surface area contributed by atoms with E-state index in [4.69, 9.17) is 0 Å². The average Bonchev–Trinajstić information content (AvgIpc) is 3.14. The number of fused-ring (bicyclic) bond motifs is 5. The molecule has 0 saturated carbocycles. The fraction of sp³-hybridized carbons (Fsp3) is 0.100. The van der Waals surface area contributed by atoms with Crippen LogP contribution >= 0.6 is 0 Å². The van der Waals surface area contributed by atoms with E-state index in [1.54, 1.807) is 24.3 Å². The zero-order chi connectivity index (χ0) is 16.3. The average molecular weight is 314 g/mol. The van der Waals surface area contributed by atoms with E-state index in [1.807, 2.05) is 47.2 Å². The van der Waals surface area contributed by atoms with Crippen molar-refractivity contribution < 1.29 is 9.59 Å². The number of hydrogen-bond acceptors (Lipinski definition) is 3. The van der Waals surface area contributed by atoms with E-state index < -0.39 is 5.54 Å². The fourth-order valence-electron chi connectivity index (χ4n) is 3.89. The van der Waals surface area contributed by atoms with Crippen LogP contribution in [-0.4, -0.2) is 16.1 Å². The second-order valence-corrected chi connectivity index (χ2v) is 6.20. The third kappa shape index (κ3) is 1.46. The van der Waals surface area contributed by atoms with E-state index >= 15 is 0 Å². The minimum atomic E-state index is -1.34. The fourth-order valence-corrected chi connectivity index (χ4v) is 3.89. The summed E-state index contributed by atoms with van der Waals surface area (Å²) >= 11 is 0. The van der Waals surface area contributed by atoms with Gasteiger partial charge >= 0.3 is 0 Å². The Morgan fingerprint density at radius 2 is 1.50 bits per heavy atom. The molecule has 1 aromatic heterocycles. The van der Waals surface area contributed by atoms with Crippen molar-refractivity contribution in [3.05, 3.63) is 89.2 Å². The molecule has 3 aromatic rings. The van der Waals surface area contributed by atoms with Gasteiger partial charge in [-0.1, -0.05) is 42.5 Å². The molecule has 24 heavy (non-hydrogen) atoms. The van der Waals surface area contributed by atoms with Crippen LogP contribution in [0.3, 0.4) is 0 Å². The monoisotopic (exact) mass is 314 g/mol. The first kappa shape index (κ1) is 13.5. The summed E-state index contributed by atoms with van der Waals surface area (Å²) in [6.07, 6.45) is 1.91. The molecular weight excluding hydrogens is 300 g/mol. The predicted octanol–water partition coefficient (Wildman–Crippen LogP) is 2.86. The molecule has 5 rings (SSSR count). The van der Waals surface area contributed by atoms with Gasteiger partial charge in [0.25, 0.3) is 0 Å². The maximum atomic E-state index is 13.3. The maximum absolute atomic E-state index is 13.3. The largest absolute Gasteiger partial charge is 0.318 e. The van der Waals surface area contributed by atoms with Crippen LogP contribution in [0.1, 0.15) is 32.0 Å². The van der Waals surface area contributed by atoms with Crippen LogP contribution in [0.15, 0.2) is 66.9 Å². The molecule has 0 saturated heterocycles. The highest BCUT2D eigenvalue weighted by Gasteiger charge is 2.56. The summed E-state index contributed by atoms with van der Waals surface area (Å²) in [7, 11) is 0. The zero-order valence-electron chi connectivity index (χ0n) is 12.8. The number of hydrogen-bond donors (Lipinski definition) is 1. The molecule has 2 heterocycles. The summed E-state index contributed by atoms with van der Waals surface area (Å²) in [5.41, 5.74) is 2.38. The molecule has 0 unspecified atom stereocenters. The molecule has 0 amide bonds. The van der Waals surface area contributed by atoms with Gasteiger partial charge in [0.15, 0.2) is 17.1 Å². The lowest BCUT2D eigenvalue weighted by Gasteiger charge is -2.26. The van der Waals surface area contributed by atoms with Gasteiger partial charge in [0.1, 0.15) is 0 Å². The van der Waals surface area contributed by atoms with Crippen molar-refractivity contribution in [2.45, 2.75) is 12.1 Å². The van der Waals surface area contributed by atoms with E-state index in [0.717, 1.165) is 11.3 Å². The molecule has 4 heteroatoms. The van der Waals surface area contributed by atoms with Crippen LogP contribution in [-0.2, 0) is 12.1 Å². The third-order valence-electron chi connectivity index (χ3n) is 5.03. The van der Waals surface area contributed by atoms with Crippen molar-refractivity contribution in [1.82, 2.24) is 9.88 Å². The molecule has 2 aromatic carbocycles. The molecule has 0 bridgehead atoms. The van der Waals surface area contributed by atoms with Crippen molar-refractivity contribution in [3.8, 4) is 5.69 Å². The van der Waals surface area contributed by atoms with E-state index in [-0.39, 0.29) is 11.6 Å². The number of rotatable bonds is 0. The Balaban J connectivity index is 1.81. The molecule has 116 valence electrons. The number of ketones is 2. The molecule has 1 aliphatic carbocycles. The van der Waals surface area contributed by atoms with Gasteiger partial charge in [0.2, 0.25) is 0 Å². The van der Waals surface area contributed by atoms with Gasteiger partial charge in [0, 0.05) is 29.6 Å². The van der Waals surface area contributed by atoms with Gasteiger partial charge in [-0.2, -0.15) is 0 Å². The number of nitrogens with one attached hydrogen (secondary N) is 1. The summed E-state index contributed by atoms with van der Waals surface area (Å²) in [6.45, 7) is 0.462. The Bertz CT molecular complexity index is 981. The second kappa shape index (κ2) is 4.52. The SMILES string of the molecule is O=C1c2ccccc2C(=O)C12NCc1ccccc1-n1cccc12. The smallest absolute Gasteiger partial charge is 0.197 e. The first-order valence-corrected chi connectivity index (χ1v) is 7.93. The minimum absolute atomic E-state index is 0.171. The van der Waals surface area contributed by atoms with Crippen LogP contribution in [0.2, 0.25) is 0 Å². The van der Waals surface area contributed by atoms with Crippen LogP contribution < -0.4 is 5.32 Å². The van der Waals surface area contributed by atoms with E-state index in [0.29, 0.717) is 23.4 Å². The lowest BCUT2D eigenvalue weighted by Crippen LogP contribution is -2.51. The van der Waals surface area contributed by atoms with Crippen LogP contribution in [0.4, 0.5) is 0 Å². The Hall–Kier alpha value is -2.98. The molecule has 1 N–H and O–H groups in total. The number of Topliss-reactive ketones (excluding diaryl/α,β-unsaturated/α-hetero) is 2. The third-order valence-corrected chi connectivity index (χ3v) is 5.03. The number of benzene rings is 2. The number of para-hydroxylation sites is 1.